The Kier molecular flexibility index (Phi) is 3.94. The highest BCUT2D eigenvalue weighted by atomic mass is 79.9. The van der Waals surface area contributed by atoms with E-state index in [1.807, 2.05) is 18.5 Å². The van der Waals surface area contributed by atoms with E-state index in [4.69, 9.17) is 0 Å². The van der Waals surface area contributed by atoms with Crippen molar-refractivity contribution >= 4 is 21.9 Å². The molecule has 1 saturated heterocycles. The second kappa shape index (κ2) is 5.45. The first-order valence-corrected chi connectivity index (χ1v) is 6.63. The van der Waals surface area contributed by atoms with Gasteiger partial charge in [0.15, 0.2) is 0 Å². The Morgan fingerprint density at radius 1 is 1.27 bits per heavy atom. The maximum atomic E-state index is 4.34. The van der Waals surface area contributed by atoms with E-state index in [2.05, 4.69) is 30.8 Å². The molecule has 2 rings (SSSR count). The van der Waals surface area contributed by atoms with Crippen LogP contribution in [0.5, 0.6) is 0 Å². The molecule has 0 aliphatic carbocycles. The summed E-state index contributed by atoms with van der Waals surface area (Å²) < 4.78 is 0. The number of nitrogens with zero attached hydrogens (tertiary/aromatic N) is 3. The first-order chi connectivity index (χ1) is 7.42. The van der Waals surface area contributed by atoms with Crippen molar-refractivity contribution in [1.82, 2.24) is 9.97 Å². The molecule has 4 heteroatoms. The summed E-state index contributed by atoms with van der Waals surface area (Å²) in [4.78, 5) is 11.0. The van der Waals surface area contributed by atoms with Gasteiger partial charge in [-0.2, -0.15) is 0 Å². The minimum Gasteiger partial charge on any atom is -0.337 e. The zero-order valence-electron chi connectivity index (χ0n) is 8.77. The molecular weight excluding hydrogens is 254 g/mol. The molecule has 1 unspecified atom stereocenters. The van der Waals surface area contributed by atoms with Crippen LogP contribution in [0, 0.1) is 0 Å². The van der Waals surface area contributed by atoms with Crippen molar-refractivity contribution in [3.8, 4) is 0 Å². The number of hydrogen-bond acceptors (Lipinski definition) is 3. The van der Waals surface area contributed by atoms with Gasteiger partial charge in [0.25, 0.3) is 0 Å². The highest BCUT2D eigenvalue weighted by Gasteiger charge is 2.21. The fourth-order valence-corrected chi connectivity index (χ4v) is 2.71. The van der Waals surface area contributed by atoms with Crippen molar-refractivity contribution in [3.05, 3.63) is 18.5 Å². The van der Waals surface area contributed by atoms with Crippen molar-refractivity contribution in [2.45, 2.75) is 31.7 Å². The molecule has 0 amide bonds. The average molecular weight is 270 g/mol. The molecule has 3 nitrogen and oxygen atoms in total. The summed E-state index contributed by atoms with van der Waals surface area (Å²) >= 11 is 3.59. The second-order valence-corrected chi connectivity index (χ2v) is 4.55. The summed E-state index contributed by atoms with van der Waals surface area (Å²) in [6.07, 6.45) is 8.77. The van der Waals surface area contributed by atoms with Crippen LogP contribution in [0.2, 0.25) is 0 Å². The molecule has 0 N–H and O–H groups in total. The lowest BCUT2D eigenvalue weighted by atomic mass is 10.1. The third-order valence-electron chi connectivity index (χ3n) is 2.86. The summed E-state index contributed by atoms with van der Waals surface area (Å²) in [5, 5.41) is 1.01. The van der Waals surface area contributed by atoms with Crippen LogP contribution in [0.4, 0.5) is 5.95 Å². The van der Waals surface area contributed by atoms with Crippen molar-refractivity contribution < 1.29 is 0 Å². The maximum Gasteiger partial charge on any atom is 0.225 e. The van der Waals surface area contributed by atoms with E-state index >= 15 is 0 Å². The largest absolute Gasteiger partial charge is 0.337 e. The third kappa shape index (κ3) is 2.68. The Bertz CT molecular complexity index is 291. The van der Waals surface area contributed by atoms with Crippen molar-refractivity contribution in [3.63, 3.8) is 0 Å². The highest BCUT2D eigenvalue weighted by molar-refractivity contribution is 9.09. The highest BCUT2D eigenvalue weighted by Crippen LogP contribution is 2.21. The van der Waals surface area contributed by atoms with Gasteiger partial charge in [-0.15, -0.1) is 0 Å². The Labute approximate surface area is 99.0 Å². The van der Waals surface area contributed by atoms with Crippen LogP contribution < -0.4 is 4.90 Å². The number of anilines is 1. The van der Waals surface area contributed by atoms with Crippen molar-refractivity contribution in [1.29, 1.82) is 0 Å². The Morgan fingerprint density at radius 3 is 2.80 bits per heavy atom. The molecule has 0 radical (unpaired) electrons. The van der Waals surface area contributed by atoms with Gasteiger partial charge in [0.05, 0.1) is 0 Å². The molecule has 15 heavy (non-hydrogen) atoms. The molecule has 1 aromatic rings. The standard InChI is InChI=1S/C11H16BrN3/c12-9-10-5-2-1-3-8-15(10)11-13-6-4-7-14-11/h4,6-7,10H,1-3,5,8-9H2. The molecule has 1 aromatic heterocycles. The monoisotopic (exact) mass is 269 g/mol. The van der Waals surface area contributed by atoms with Crippen molar-refractivity contribution in [2.75, 3.05) is 16.8 Å². The van der Waals surface area contributed by atoms with Crippen LogP contribution in [0.3, 0.4) is 0 Å². The number of halogens is 1. The molecule has 0 saturated carbocycles. The molecule has 0 spiro atoms. The zero-order valence-corrected chi connectivity index (χ0v) is 10.4. The lowest BCUT2D eigenvalue weighted by molar-refractivity contribution is 0.615. The van der Waals surface area contributed by atoms with Gasteiger partial charge in [-0.3, -0.25) is 0 Å². The fourth-order valence-electron chi connectivity index (χ4n) is 2.04. The molecule has 0 bridgehead atoms. The smallest absolute Gasteiger partial charge is 0.225 e. The molecule has 1 aliphatic heterocycles. The Balaban J connectivity index is 2.16. The topological polar surface area (TPSA) is 29.0 Å². The van der Waals surface area contributed by atoms with Crippen LogP contribution in [-0.4, -0.2) is 27.9 Å². The molecule has 2 heterocycles. The number of hydrogen-bond donors (Lipinski definition) is 0. The lowest BCUT2D eigenvalue weighted by Crippen LogP contribution is -2.37. The fraction of sp³-hybridized carbons (Fsp3) is 0.636. The van der Waals surface area contributed by atoms with E-state index in [9.17, 15) is 0 Å². The molecule has 1 atom stereocenters. The molecular formula is C11H16BrN3. The van der Waals surface area contributed by atoms with E-state index in [1.165, 1.54) is 25.7 Å². The average Bonchev–Trinajstić information content (AvgIpc) is 2.55. The quantitative estimate of drug-likeness (QED) is 0.773. The van der Waals surface area contributed by atoms with Crippen LogP contribution in [0.15, 0.2) is 18.5 Å². The van der Waals surface area contributed by atoms with Crippen LogP contribution in [0.25, 0.3) is 0 Å². The van der Waals surface area contributed by atoms with Gasteiger partial charge < -0.3 is 4.90 Å². The molecule has 1 aliphatic rings. The van der Waals surface area contributed by atoms with Crippen LogP contribution >= 0.6 is 15.9 Å². The minimum atomic E-state index is 0.551. The van der Waals surface area contributed by atoms with E-state index in [0.29, 0.717) is 6.04 Å². The molecule has 0 aromatic carbocycles. The summed E-state index contributed by atoms with van der Waals surface area (Å²) in [6.45, 7) is 1.08. The second-order valence-electron chi connectivity index (χ2n) is 3.90. The van der Waals surface area contributed by atoms with Gasteiger partial charge in [0.2, 0.25) is 5.95 Å². The van der Waals surface area contributed by atoms with Gasteiger partial charge in [-0.25, -0.2) is 9.97 Å². The van der Waals surface area contributed by atoms with E-state index in [-0.39, 0.29) is 0 Å². The van der Waals surface area contributed by atoms with Gasteiger partial charge in [-0.05, 0) is 18.9 Å². The van der Waals surface area contributed by atoms with Crippen LogP contribution in [-0.2, 0) is 0 Å². The van der Waals surface area contributed by atoms with E-state index in [1.54, 1.807) is 0 Å². The van der Waals surface area contributed by atoms with Crippen LogP contribution in [0.1, 0.15) is 25.7 Å². The van der Waals surface area contributed by atoms with Gasteiger partial charge in [0, 0.05) is 30.3 Å². The first-order valence-electron chi connectivity index (χ1n) is 5.51. The molecule has 82 valence electrons. The predicted octanol–water partition coefficient (Wildman–Crippen LogP) is 2.62. The summed E-state index contributed by atoms with van der Waals surface area (Å²) in [6, 6.07) is 2.42. The van der Waals surface area contributed by atoms with Gasteiger partial charge in [0.1, 0.15) is 0 Å². The van der Waals surface area contributed by atoms with E-state index in [0.717, 1.165) is 17.8 Å². The molecule has 1 fully saturated rings. The Hall–Kier alpha value is -0.640. The maximum absolute atomic E-state index is 4.34. The third-order valence-corrected chi connectivity index (χ3v) is 3.61. The summed E-state index contributed by atoms with van der Waals surface area (Å²) in [7, 11) is 0. The first kappa shape index (κ1) is 10.9. The Morgan fingerprint density at radius 2 is 2.07 bits per heavy atom. The predicted molar refractivity (Wildman–Crippen MR) is 65.4 cm³/mol. The lowest BCUT2D eigenvalue weighted by Gasteiger charge is -2.28. The van der Waals surface area contributed by atoms with Gasteiger partial charge in [-0.1, -0.05) is 28.8 Å². The van der Waals surface area contributed by atoms with Crippen molar-refractivity contribution in [2.24, 2.45) is 0 Å². The SMILES string of the molecule is BrCC1CCCCCN1c1ncccn1. The summed E-state index contributed by atoms with van der Waals surface area (Å²) in [5.74, 6) is 0.879. The van der Waals surface area contributed by atoms with Gasteiger partial charge >= 0.3 is 0 Å². The zero-order chi connectivity index (χ0) is 10.5. The van der Waals surface area contributed by atoms with E-state index < -0.39 is 0 Å². The normalized spacial score (nSPS) is 22.5. The number of rotatable bonds is 2. The number of alkyl halides is 1. The minimum absolute atomic E-state index is 0.551. The number of aromatic nitrogens is 2. The summed E-state index contributed by atoms with van der Waals surface area (Å²) in [5.41, 5.74) is 0.